The van der Waals surface area contributed by atoms with Crippen LogP contribution in [-0.4, -0.2) is 18.1 Å². The van der Waals surface area contributed by atoms with E-state index in [4.69, 9.17) is 4.98 Å². The Balaban J connectivity index is 2.38. The lowest BCUT2D eigenvalue weighted by molar-refractivity contribution is 0.790. The van der Waals surface area contributed by atoms with Gasteiger partial charge in [0, 0.05) is 36.1 Å². The largest absolute Gasteiger partial charge is 0.372 e. The summed E-state index contributed by atoms with van der Waals surface area (Å²) >= 11 is 0. The number of nitrogens with zero attached hydrogens (tertiary/aromatic N) is 2. The lowest BCUT2D eigenvalue weighted by atomic mass is 9.98. The van der Waals surface area contributed by atoms with Gasteiger partial charge in [0.05, 0.1) is 5.69 Å². The number of benzene rings is 1. The molecule has 0 aliphatic heterocycles. The second-order valence-electron chi connectivity index (χ2n) is 6.70. The van der Waals surface area contributed by atoms with Gasteiger partial charge in [-0.15, -0.1) is 0 Å². The van der Waals surface area contributed by atoms with Crippen LogP contribution in [-0.2, 0) is 0 Å². The molecule has 1 aromatic carbocycles. The molecule has 1 heterocycles. The summed E-state index contributed by atoms with van der Waals surface area (Å²) in [5.74, 6) is 0. The summed E-state index contributed by atoms with van der Waals surface area (Å²) in [5.41, 5.74) is 7.52. The van der Waals surface area contributed by atoms with Gasteiger partial charge < -0.3 is 4.90 Å². The van der Waals surface area contributed by atoms with Crippen LogP contribution in [0.1, 0.15) is 58.1 Å². The number of aryl methyl sites for hydroxylation is 1. The number of rotatable bonds is 8. The van der Waals surface area contributed by atoms with E-state index in [0.29, 0.717) is 0 Å². The van der Waals surface area contributed by atoms with Gasteiger partial charge in [0.15, 0.2) is 0 Å². The standard InChI is InChI=1S/C23H32N2/c1-6-9-10-18(4)17-22-19(5)15-16-24-23(22)20-11-13-21(14-12-20)25(7-2)8-3/h11-17H,6-10H2,1-5H3/b18-17+. The first kappa shape index (κ1) is 19.2. The molecule has 134 valence electrons. The molecule has 0 radical (unpaired) electrons. The van der Waals surface area contributed by atoms with Crippen LogP contribution >= 0.6 is 0 Å². The van der Waals surface area contributed by atoms with Crippen LogP contribution in [0.15, 0.2) is 42.1 Å². The summed E-state index contributed by atoms with van der Waals surface area (Å²) < 4.78 is 0. The Morgan fingerprint density at radius 3 is 2.32 bits per heavy atom. The Bertz CT molecular complexity index is 695. The highest BCUT2D eigenvalue weighted by Crippen LogP contribution is 2.28. The summed E-state index contributed by atoms with van der Waals surface area (Å²) in [6, 6.07) is 10.9. The minimum absolute atomic E-state index is 1.03. The van der Waals surface area contributed by atoms with Crippen molar-refractivity contribution >= 4 is 11.8 Å². The van der Waals surface area contributed by atoms with E-state index in [-0.39, 0.29) is 0 Å². The van der Waals surface area contributed by atoms with Gasteiger partial charge in [0.1, 0.15) is 0 Å². The SMILES string of the molecule is CCCC/C(C)=C/c1c(C)ccnc1-c1ccc(N(CC)CC)cc1. The zero-order valence-electron chi connectivity index (χ0n) is 16.5. The van der Waals surface area contributed by atoms with Crippen molar-refractivity contribution < 1.29 is 0 Å². The lowest BCUT2D eigenvalue weighted by Gasteiger charge is -2.21. The fraction of sp³-hybridized carbons (Fsp3) is 0.435. The van der Waals surface area contributed by atoms with Gasteiger partial charge in [-0.3, -0.25) is 4.98 Å². The molecular weight excluding hydrogens is 304 g/mol. The van der Waals surface area contributed by atoms with Crippen molar-refractivity contribution in [2.45, 2.75) is 53.9 Å². The number of pyridine rings is 1. The predicted molar refractivity (Wildman–Crippen MR) is 111 cm³/mol. The smallest absolute Gasteiger partial charge is 0.0776 e. The molecule has 0 unspecified atom stereocenters. The molecule has 0 N–H and O–H groups in total. The van der Waals surface area contributed by atoms with Gasteiger partial charge >= 0.3 is 0 Å². The van der Waals surface area contributed by atoms with Gasteiger partial charge in [-0.2, -0.15) is 0 Å². The zero-order valence-corrected chi connectivity index (χ0v) is 16.5. The summed E-state index contributed by atoms with van der Waals surface area (Å²) in [6.45, 7) is 13.1. The number of hydrogen-bond acceptors (Lipinski definition) is 2. The van der Waals surface area contributed by atoms with E-state index >= 15 is 0 Å². The number of anilines is 1. The van der Waals surface area contributed by atoms with Gasteiger partial charge in [0.2, 0.25) is 0 Å². The van der Waals surface area contributed by atoms with Crippen LogP contribution in [0.25, 0.3) is 17.3 Å². The van der Waals surface area contributed by atoms with Crippen molar-refractivity contribution in [2.24, 2.45) is 0 Å². The maximum Gasteiger partial charge on any atom is 0.0776 e. The summed E-state index contributed by atoms with van der Waals surface area (Å²) in [4.78, 5) is 7.06. The molecule has 0 spiro atoms. The van der Waals surface area contributed by atoms with E-state index in [1.165, 1.54) is 40.8 Å². The number of aromatic nitrogens is 1. The third-order valence-corrected chi connectivity index (χ3v) is 4.79. The van der Waals surface area contributed by atoms with Gasteiger partial charge in [-0.05, 0) is 64.3 Å². The molecule has 0 atom stereocenters. The van der Waals surface area contributed by atoms with Crippen LogP contribution < -0.4 is 4.90 Å². The maximum atomic E-state index is 4.70. The normalized spacial score (nSPS) is 11.6. The van der Waals surface area contributed by atoms with E-state index in [1.807, 2.05) is 6.20 Å². The quantitative estimate of drug-likeness (QED) is 0.547. The molecule has 0 bridgehead atoms. The zero-order chi connectivity index (χ0) is 18.2. The van der Waals surface area contributed by atoms with Crippen LogP contribution in [0, 0.1) is 6.92 Å². The number of unbranched alkanes of at least 4 members (excludes halogenated alkanes) is 1. The Morgan fingerprint density at radius 1 is 1.04 bits per heavy atom. The van der Waals surface area contributed by atoms with Crippen LogP contribution in [0.2, 0.25) is 0 Å². The predicted octanol–water partition coefficient (Wildman–Crippen LogP) is 6.50. The molecule has 0 aliphatic rings. The molecule has 2 rings (SSSR count). The highest BCUT2D eigenvalue weighted by atomic mass is 15.1. The first-order valence-corrected chi connectivity index (χ1v) is 9.58. The minimum Gasteiger partial charge on any atom is -0.372 e. The second kappa shape index (κ2) is 9.41. The summed E-state index contributed by atoms with van der Waals surface area (Å²) in [6.07, 6.45) is 7.88. The van der Waals surface area contributed by atoms with E-state index in [2.05, 4.69) is 75.9 Å². The molecule has 0 saturated carbocycles. The van der Waals surface area contributed by atoms with Crippen LogP contribution in [0.3, 0.4) is 0 Å². The molecule has 1 aromatic heterocycles. The van der Waals surface area contributed by atoms with Gasteiger partial charge in [-0.25, -0.2) is 0 Å². The second-order valence-corrected chi connectivity index (χ2v) is 6.70. The molecule has 0 amide bonds. The molecule has 0 aliphatic carbocycles. The Morgan fingerprint density at radius 2 is 1.72 bits per heavy atom. The molecule has 2 heteroatoms. The Hall–Kier alpha value is -2.09. The molecule has 25 heavy (non-hydrogen) atoms. The number of hydrogen-bond donors (Lipinski definition) is 0. The lowest BCUT2D eigenvalue weighted by Crippen LogP contribution is -2.21. The molecule has 0 saturated heterocycles. The fourth-order valence-corrected chi connectivity index (χ4v) is 3.17. The van der Waals surface area contributed by atoms with Crippen molar-refractivity contribution in [3.63, 3.8) is 0 Å². The molecule has 2 nitrogen and oxygen atoms in total. The topological polar surface area (TPSA) is 16.1 Å². The molecule has 0 fully saturated rings. The Labute approximate surface area is 153 Å². The third kappa shape index (κ3) is 4.94. The van der Waals surface area contributed by atoms with E-state index in [0.717, 1.165) is 25.2 Å². The van der Waals surface area contributed by atoms with Crippen molar-refractivity contribution in [1.29, 1.82) is 0 Å². The third-order valence-electron chi connectivity index (χ3n) is 4.79. The fourth-order valence-electron chi connectivity index (χ4n) is 3.17. The van der Waals surface area contributed by atoms with Crippen molar-refractivity contribution in [3.05, 3.63) is 53.2 Å². The monoisotopic (exact) mass is 336 g/mol. The van der Waals surface area contributed by atoms with Gasteiger partial charge in [-0.1, -0.05) is 37.1 Å². The number of allylic oxidation sites excluding steroid dienone is 1. The molecular formula is C23H32N2. The van der Waals surface area contributed by atoms with E-state index in [9.17, 15) is 0 Å². The van der Waals surface area contributed by atoms with Crippen molar-refractivity contribution in [1.82, 2.24) is 4.98 Å². The van der Waals surface area contributed by atoms with E-state index in [1.54, 1.807) is 0 Å². The molecule has 2 aromatic rings. The van der Waals surface area contributed by atoms with Crippen LogP contribution in [0.4, 0.5) is 5.69 Å². The maximum absolute atomic E-state index is 4.70. The average molecular weight is 337 g/mol. The van der Waals surface area contributed by atoms with E-state index < -0.39 is 0 Å². The van der Waals surface area contributed by atoms with Crippen molar-refractivity contribution in [3.8, 4) is 11.3 Å². The average Bonchev–Trinajstić information content (AvgIpc) is 2.63. The summed E-state index contributed by atoms with van der Waals surface area (Å²) in [7, 11) is 0. The Kier molecular flexibility index (Phi) is 7.24. The van der Waals surface area contributed by atoms with Crippen molar-refractivity contribution in [2.75, 3.05) is 18.0 Å². The highest BCUT2D eigenvalue weighted by Gasteiger charge is 2.09. The summed E-state index contributed by atoms with van der Waals surface area (Å²) in [5, 5.41) is 0. The minimum atomic E-state index is 1.03. The van der Waals surface area contributed by atoms with Crippen LogP contribution in [0.5, 0.6) is 0 Å². The first-order chi connectivity index (χ1) is 12.1. The van der Waals surface area contributed by atoms with Gasteiger partial charge in [0.25, 0.3) is 0 Å². The first-order valence-electron chi connectivity index (χ1n) is 9.58. The highest BCUT2D eigenvalue weighted by molar-refractivity contribution is 5.75.